The molecule has 2 aromatic rings. The van der Waals surface area contributed by atoms with Gasteiger partial charge in [-0.1, -0.05) is 30.1 Å². The van der Waals surface area contributed by atoms with Gasteiger partial charge in [0.2, 0.25) is 15.9 Å². The number of sulfonamides is 1. The molecule has 0 unspecified atom stereocenters. The van der Waals surface area contributed by atoms with E-state index in [1.54, 1.807) is 6.07 Å². The molecule has 0 atom stereocenters. The van der Waals surface area contributed by atoms with Gasteiger partial charge in [0.15, 0.2) is 0 Å². The molecule has 0 spiro atoms. The summed E-state index contributed by atoms with van der Waals surface area (Å²) in [5, 5.41) is 5.73. The van der Waals surface area contributed by atoms with Gasteiger partial charge in [0.1, 0.15) is 0 Å². The SMILES string of the molecule is CCCN(CC(=O)Nc1cc(Cl)ccc1Cl)S(=O)(=O)c1ccc(C(=O)NC)cc1. The van der Waals surface area contributed by atoms with Crippen LogP contribution in [0, 0.1) is 0 Å². The van der Waals surface area contributed by atoms with E-state index in [9.17, 15) is 18.0 Å². The van der Waals surface area contributed by atoms with E-state index in [0.717, 1.165) is 4.31 Å². The highest BCUT2D eigenvalue weighted by atomic mass is 35.5. The maximum Gasteiger partial charge on any atom is 0.251 e. The van der Waals surface area contributed by atoms with Gasteiger partial charge >= 0.3 is 0 Å². The lowest BCUT2D eigenvalue weighted by Gasteiger charge is -2.21. The standard InChI is InChI=1S/C19H21Cl2N3O4S/c1-3-10-24(12-18(25)23-17-11-14(20)6-9-16(17)21)29(27,28)15-7-4-13(5-8-15)19(26)22-2/h4-9,11H,3,10,12H2,1-2H3,(H,22,26)(H,23,25). The molecule has 2 aromatic carbocycles. The van der Waals surface area contributed by atoms with Crippen molar-refractivity contribution in [2.24, 2.45) is 0 Å². The summed E-state index contributed by atoms with van der Waals surface area (Å²) in [6.45, 7) is 1.56. The number of anilines is 1. The van der Waals surface area contributed by atoms with Gasteiger partial charge in [-0.25, -0.2) is 8.42 Å². The van der Waals surface area contributed by atoms with E-state index in [4.69, 9.17) is 23.2 Å². The van der Waals surface area contributed by atoms with Gasteiger partial charge in [0.25, 0.3) is 5.91 Å². The Labute approximate surface area is 180 Å². The Kier molecular flexibility index (Phi) is 8.04. The van der Waals surface area contributed by atoms with Gasteiger partial charge in [0, 0.05) is 24.2 Å². The van der Waals surface area contributed by atoms with E-state index in [0.29, 0.717) is 22.7 Å². The molecule has 0 aromatic heterocycles. The molecule has 2 rings (SSSR count). The van der Waals surface area contributed by atoms with Crippen molar-refractivity contribution in [1.82, 2.24) is 9.62 Å². The molecule has 10 heteroatoms. The molecule has 0 fully saturated rings. The average molecular weight is 458 g/mol. The van der Waals surface area contributed by atoms with Crippen LogP contribution in [0.2, 0.25) is 10.0 Å². The lowest BCUT2D eigenvalue weighted by Crippen LogP contribution is -2.38. The number of carbonyl (C=O) groups is 2. The minimum atomic E-state index is -3.94. The first-order chi connectivity index (χ1) is 13.7. The van der Waals surface area contributed by atoms with Crippen LogP contribution in [-0.4, -0.2) is 44.7 Å². The second-order valence-electron chi connectivity index (χ2n) is 6.11. The average Bonchev–Trinajstić information content (AvgIpc) is 2.70. The van der Waals surface area contributed by atoms with Crippen molar-refractivity contribution in [2.45, 2.75) is 18.2 Å². The molecule has 2 amide bonds. The number of hydrogen-bond donors (Lipinski definition) is 2. The van der Waals surface area contributed by atoms with Crippen LogP contribution in [0.25, 0.3) is 0 Å². The molecule has 29 heavy (non-hydrogen) atoms. The molecule has 0 aliphatic heterocycles. The molecule has 0 heterocycles. The highest BCUT2D eigenvalue weighted by Crippen LogP contribution is 2.25. The maximum atomic E-state index is 13.0. The smallest absolute Gasteiger partial charge is 0.251 e. The minimum Gasteiger partial charge on any atom is -0.355 e. The van der Waals surface area contributed by atoms with Gasteiger partial charge in [-0.3, -0.25) is 9.59 Å². The van der Waals surface area contributed by atoms with Gasteiger partial charge < -0.3 is 10.6 Å². The zero-order valence-electron chi connectivity index (χ0n) is 15.9. The third kappa shape index (κ3) is 5.93. The quantitative estimate of drug-likeness (QED) is 0.634. The summed E-state index contributed by atoms with van der Waals surface area (Å²) >= 11 is 11.9. The highest BCUT2D eigenvalue weighted by Gasteiger charge is 2.26. The first kappa shape index (κ1) is 23.2. The number of hydrogen-bond acceptors (Lipinski definition) is 4. The van der Waals surface area contributed by atoms with Crippen molar-refractivity contribution in [2.75, 3.05) is 25.5 Å². The Hall–Kier alpha value is -2.13. The summed E-state index contributed by atoms with van der Waals surface area (Å²) in [7, 11) is -2.45. The van der Waals surface area contributed by atoms with E-state index < -0.39 is 22.5 Å². The number of carbonyl (C=O) groups excluding carboxylic acids is 2. The van der Waals surface area contributed by atoms with Crippen LogP contribution in [-0.2, 0) is 14.8 Å². The third-order valence-corrected chi connectivity index (χ3v) is 6.40. The van der Waals surface area contributed by atoms with Crippen LogP contribution in [0.15, 0.2) is 47.4 Å². The van der Waals surface area contributed by atoms with E-state index in [-0.39, 0.29) is 22.4 Å². The lowest BCUT2D eigenvalue weighted by molar-refractivity contribution is -0.116. The van der Waals surface area contributed by atoms with Crippen molar-refractivity contribution in [3.63, 3.8) is 0 Å². The molecule has 0 saturated heterocycles. The van der Waals surface area contributed by atoms with Crippen molar-refractivity contribution in [3.05, 3.63) is 58.1 Å². The molecule has 0 radical (unpaired) electrons. The first-order valence-corrected chi connectivity index (χ1v) is 11.0. The Bertz CT molecular complexity index is 995. The van der Waals surface area contributed by atoms with Crippen molar-refractivity contribution < 1.29 is 18.0 Å². The van der Waals surface area contributed by atoms with Gasteiger partial charge in [-0.2, -0.15) is 4.31 Å². The fourth-order valence-electron chi connectivity index (χ4n) is 2.55. The Morgan fingerprint density at radius 3 is 2.31 bits per heavy atom. The van der Waals surface area contributed by atoms with Gasteiger partial charge in [0.05, 0.1) is 22.2 Å². The molecule has 0 bridgehead atoms. The van der Waals surface area contributed by atoms with E-state index in [1.165, 1.54) is 43.4 Å². The topological polar surface area (TPSA) is 95.6 Å². The first-order valence-electron chi connectivity index (χ1n) is 8.76. The molecule has 156 valence electrons. The van der Waals surface area contributed by atoms with Gasteiger partial charge in [-0.15, -0.1) is 0 Å². The minimum absolute atomic E-state index is 0.00723. The van der Waals surface area contributed by atoms with Crippen molar-refractivity contribution in [3.8, 4) is 0 Å². The number of benzene rings is 2. The Balaban J connectivity index is 2.21. The van der Waals surface area contributed by atoms with E-state index >= 15 is 0 Å². The summed E-state index contributed by atoms with van der Waals surface area (Å²) in [4.78, 5) is 24.1. The number of nitrogens with zero attached hydrogens (tertiary/aromatic N) is 1. The Morgan fingerprint density at radius 1 is 1.07 bits per heavy atom. The summed E-state index contributed by atoms with van der Waals surface area (Å²) in [6.07, 6.45) is 0.515. The zero-order valence-corrected chi connectivity index (χ0v) is 18.2. The van der Waals surface area contributed by atoms with E-state index in [1.807, 2.05) is 6.92 Å². The predicted molar refractivity (Wildman–Crippen MR) is 114 cm³/mol. The monoisotopic (exact) mass is 457 g/mol. The molecular weight excluding hydrogens is 437 g/mol. The molecular formula is C19H21Cl2N3O4S. The van der Waals surface area contributed by atoms with Crippen molar-refractivity contribution in [1.29, 1.82) is 0 Å². The van der Waals surface area contributed by atoms with Crippen LogP contribution in [0.3, 0.4) is 0 Å². The normalized spacial score (nSPS) is 11.3. The Morgan fingerprint density at radius 2 is 1.72 bits per heavy atom. The fraction of sp³-hybridized carbons (Fsp3) is 0.263. The molecule has 0 saturated carbocycles. The third-order valence-electron chi connectivity index (χ3n) is 3.98. The van der Waals surface area contributed by atoms with Crippen LogP contribution >= 0.6 is 23.2 Å². The van der Waals surface area contributed by atoms with Crippen LogP contribution in [0.4, 0.5) is 5.69 Å². The summed E-state index contributed by atoms with van der Waals surface area (Å²) in [6, 6.07) is 10.1. The number of halogens is 2. The molecule has 2 N–H and O–H groups in total. The predicted octanol–water partition coefficient (Wildman–Crippen LogP) is 3.39. The molecule has 7 nitrogen and oxygen atoms in total. The maximum absolute atomic E-state index is 13.0. The second kappa shape index (κ2) is 10.1. The fourth-order valence-corrected chi connectivity index (χ4v) is 4.37. The van der Waals surface area contributed by atoms with Crippen LogP contribution in [0.5, 0.6) is 0 Å². The molecule has 0 aliphatic rings. The summed E-state index contributed by atoms with van der Waals surface area (Å²) < 4.78 is 27.0. The lowest BCUT2D eigenvalue weighted by atomic mass is 10.2. The van der Waals surface area contributed by atoms with Gasteiger partial charge in [-0.05, 0) is 48.9 Å². The second-order valence-corrected chi connectivity index (χ2v) is 8.90. The number of nitrogens with one attached hydrogen (secondary N) is 2. The summed E-state index contributed by atoms with van der Waals surface area (Å²) in [5.74, 6) is -0.870. The van der Waals surface area contributed by atoms with E-state index in [2.05, 4.69) is 10.6 Å². The summed E-state index contributed by atoms with van der Waals surface area (Å²) in [5.41, 5.74) is 0.634. The van der Waals surface area contributed by atoms with Crippen LogP contribution < -0.4 is 10.6 Å². The van der Waals surface area contributed by atoms with Crippen molar-refractivity contribution >= 4 is 50.7 Å². The largest absolute Gasteiger partial charge is 0.355 e. The molecule has 0 aliphatic carbocycles. The zero-order chi connectivity index (χ0) is 21.6. The number of rotatable bonds is 8. The number of amides is 2. The van der Waals surface area contributed by atoms with Crippen LogP contribution in [0.1, 0.15) is 23.7 Å². The highest BCUT2D eigenvalue weighted by molar-refractivity contribution is 7.89.